The Labute approximate surface area is 83.3 Å². The van der Waals surface area contributed by atoms with Crippen LogP contribution in [0.15, 0.2) is 42.5 Å². The Kier molecular flexibility index (Phi) is 1.78. The largest absolute Gasteiger partial charge is 0.380 e. The number of hydrogen-bond acceptors (Lipinski definition) is 1. The van der Waals surface area contributed by atoms with Crippen LogP contribution in [0, 0.1) is 0 Å². The normalized spacial score (nSPS) is 16.9. The zero-order valence-electron chi connectivity index (χ0n) is 7.94. The summed E-state index contributed by atoms with van der Waals surface area (Å²) in [6.07, 6.45) is 0. The Morgan fingerprint density at radius 1 is 0.929 bits per heavy atom. The number of benzene rings is 2. The molecule has 2 aromatic carbocycles. The summed E-state index contributed by atoms with van der Waals surface area (Å²) in [6, 6.07) is 15.2. The van der Waals surface area contributed by atoms with Gasteiger partial charge in [0.1, 0.15) is 0 Å². The summed E-state index contributed by atoms with van der Waals surface area (Å²) >= 11 is 0. The molecule has 1 fully saturated rings. The van der Waals surface area contributed by atoms with Crippen molar-refractivity contribution >= 4 is 10.8 Å². The molecule has 0 spiro atoms. The Hall–Kier alpha value is -1.34. The average Bonchev–Trinajstić information content (AvgIpc) is 2.15. The molecule has 1 aliphatic heterocycles. The predicted molar refractivity (Wildman–Crippen MR) is 57.5 cm³/mol. The fourth-order valence-electron chi connectivity index (χ4n) is 1.89. The summed E-state index contributed by atoms with van der Waals surface area (Å²) in [5.41, 5.74) is 1.41. The van der Waals surface area contributed by atoms with Crippen molar-refractivity contribution in [1.29, 1.82) is 0 Å². The highest BCUT2D eigenvalue weighted by Crippen LogP contribution is 2.26. The third-order valence-electron chi connectivity index (χ3n) is 2.88. The second-order valence-electron chi connectivity index (χ2n) is 3.84. The van der Waals surface area contributed by atoms with Gasteiger partial charge < -0.3 is 4.74 Å². The van der Waals surface area contributed by atoms with E-state index in [1.807, 2.05) is 0 Å². The van der Waals surface area contributed by atoms with Crippen molar-refractivity contribution in [3.63, 3.8) is 0 Å². The van der Waals surface area contributed by atoms with Gasteiger partial charge >= 0.3 is 0 Å². The molecule has 0 radical (unpaired) electrons. The van der Waals surface area contributed by atoms with Crippen molar-refractivity contribution in [3.05, 3.63) is 48.0 Å². The van der Waals surface area contributed by atoms with Gasteiger partial charge in [-0.25, -0.2) is 0 Å². The molecule has 70 valence electrons. The zero-order chi connectivity index (χ0) is 9.38. The van der Waals surface area contributed by atoms with E-state index in [1.165, 1.54) is 16.3 Å². The first-order chi connectivity index (χ1) is 6.93. The van der Waals surface area contributed by atoms with Crippen LogP contribution < -0.4 is 0 Å². The minimum absolute atomic E-state index is 0.625. The van der Waals surface area contributed by atoms with Crippen LogP contribution in [0.5, 0.6) is 0 Å². The molecule has 1 aliphatic rings. The predicted octanol–water partition coefficient (Wildman–Crippen LogP) is 2.95. The summed E-state index contributed by atoms with van der Waals surface area (Å²) in [4.78, 5) is 0. The van der Waals surface area contributed by atoms with E-state index < -0.39 is 0 Å². The Morgan fingerprint density at radius 2 is 1.71 bits per heavy atom. The quantitative estimate of drug-likeness (QED) is 0.662. The molecule has 0 saturated carbocycles. The smallest absolute Gasteiger partial charge is 0.0557 e. The highest BCUT2D eigenvalue weighted by Gasteiger charge is 2.20. The number of fused-ring (bicyclic) bond motifs is 1. The van der Waals surface area contributed by atoms with Gasteiger partial charge in [0.15, 0.2) is 0 Å². The third kappa shape index (κ3) is 1.21. The van der Waals surface area contributed by atoms with Crippen molar-refractivity contribution in [2.24, 2.45) is 0 Å². The van der Waals surface area contributed by atoms with Gasteiger partial charge in [-0.3, -0.25) is 0 Å². The molecule has 0 amide bonds. The average molecular weight is 184 g/mol. The van der Waals surface area contributed by atoms with E-state index in [0.717, 1.165) is 13.2 Å². The number of rotatable bonds is 1. The van der Waals surface area contributed by atoms with Gasteiger partial charge in [-0.2, -0.15) is 0 Å². The van der Waals surface area contributed by atoms with Crippen LogP contribution in [-0.2, 0) is 4.74 Å². The number of hydrogen-bond donors (Lipinski definition) is 0. The summed E-state index contributed by atoms with van der Waals surface area (Å²) in [5, 5.41) is 2.65. The highest BCUT2D eigenvalue weighted by atomic mass is 16.5. The summed E-state index contributed by atoms with van der Waals surface area (Å²) in [5.74, 6) is 0.625. The minimum atomic E-state index is 0.625. The molecule has 14 heavy (non-hydrogen) atoms. The maximum absolute atomic E-state index is 5.20. The maximum Gasteiger partial charge on any atom is 0.0557 e. The molecule has 0 atom stereocenters. The van der Waals surface area contributed by atoms with Gasteiger partial charge in [-0.15, -0.1) is 0 Å². The van der Waals surface area contributed by atoms with Gasteiger partial charge in [0.2, 0.25) is 0 Å². The summed E-state index contributed by atoms with van der Waals surface area (Å²) < 4.78 is 5.20. The molecule has 0 bridgehead atoms. The molecule has 1 saturated heterocycles. The highest BCUT2D eigenvalue weighted by molar-refractivity contribution is 5.83. The molecule has 0 N–H and O–H groups in total. The second kappa shape index (κ2) is 3.10. The van der Waals surface area contributed by atoms with Crippen molar-refractivity contribution in [2.75, 3.05) is 13.2 Å². The summed E-state index contributed by atoms with van der Waals surface area (Å²) in [6.45, 7) is 1.77. The molecular formula is C13H12O. The van der Waals surface area contributed by atoms with Crippen molar-refractivity contribution in [2.45, 2.75) is 5.92 Å². The van der Waals surface area contributed by atoms with Crippen molar-refractivity contribution < 1.29 is 4.74 Å². The maximum atomic E-state index is 5.20. The van der Waals surface area contributed by atoms with Crippen LogP contribution in [-0.4, -0.2) is 13.2 Å². The molecule has 2 aromatic rings. The van der Waals surface area contributed by atoms with Crippen molar-refractivity contribution in [3.8, 4) is 0 Å². The minimum Gasteiger partial charge on any atom is -0.380 e. The van der Waals surface area contributed by atoms with Crippen LogP contribution >= 0.6 is 0 Å². The van der Waals surface area contributed by atoms with Crippen molar-refractivity contribution in [1.82, 2.24) is 0 Å². The lowest BCUT2D eigenvalue weighted by Crippen LogP contribution is -2.24. The first-order valence-corrected chi connectivity index (χ1v) is 5.00. The van der Waals surface area contributed by atoms with Gasteiger partial charge in [-0.1, -0.05) is 42.5 Å². The van der Waals surface area contributed by atoms with Gasteiger partial charge in [0.25, 0.3) is 0 Å². The Bertz CT molecular complexity index is 457. The van der Waals surface area contributed by atoms with E-state index >= 15 is 0 Å². The van der Waals surface area contributed by atoms with E-state index in [-0.39, 0.29) is 0 Å². The molecule has 3 rings (SSSR count). The van der Waals surface area contributed by atoms with E-state index in [2.05, 4.69) is 42.5 Å². The second-order valence-corrected chi connectivity index (χ2v) is 3.84. The SMILES string of the molecule is c1ccc2cc(C3COC3)ccc2c1. The number of ether oxygens (including phenoxy) is 1. The zero-order valence-corrected chi connectivity index (χ0v) is 7.94. The third-order valence-corrected chi connectivity index (χ3v) is 2.88. The lowest BCUT2D eigenvalue weighted by molar-refractivity contribution is 0.00847. The lowest BCUT2D eigenvalue weighted by Gasteiger charge is -2.26. The standard InChI is InChI=1S/C13H12O/c1-2-4-11-7-12(13-8-14-9-13)6-5-10(11)3-1/h1-7,13H,8-9H2. The fourth-order valence-corrected chi connectivity index (χ4v) is 1.89. The van der Waals surface area contributed by atoms with Crippen LogP contribution in [0.1, 0.15) is 11.5 Å². The molecule has 0 unspecified atom stereocenters. The van der Waals surface area contributed by atoms with E-state index in [4.69, 9.17) is 4.74 Å². The Morgan fingerprint density at radius 3 is 2.43 bits per heavy atom. The van der Waals surface area contributed by atoms with Gasteiger partial charge in [0, 0.05) is 5.92 Å². The Balaban J connectivity index is 2.10. The molecule has 1 nitrogen and oxygen atoms in total. The monoisotopic (exact) mass is 184 g/mol. The molecule has 1 heteroatoms. The van der Waals surface area contributed by atoms with E-state index in [1.54, 1.807) is 0 Å². The first kappa shape index (κ1) is 8.01. The lowest BCUT2D eigenvalue weighted by atomic mass is 9.95. The van der Waals surface area contributed by atoms with E-state index in [9.17, 15) is 0 Å². The van der Waals surface area contributed by atoms with Gasteiger partial charge in [-0.05, 0) is 16.3 Å². The molecule has 1 heterocycles. The van der Waals surface area contributed by atoms with Crippen LogP contribution in [0.4, 0.5) is 0 Å². The van der Waals surface area contributed by atoms with E-state index in [0.29, 0.717) is 5.92 Å². The van der Waals surface area contributed by atoms with Crippen LogP contribution in [0.2, 0.25) is 0 Å². The topological polar surface area (TPSA) is 9.23 Å². The first-order valence-electron chi connectivity index (χ1n) is 5.00. The molecule has 0 aromatic heterocycles. The fraction of sp³-hybridized carbons (Fsp3) is 0.231. The molecule has 0 aliphatic carbocycles. The van der Waals surface area contributed by atoms with Crippen LogP contribution in [0.3, 0.4) is 0 Å². The van der Waals surface area contributed by atoms with Gasteiger partial charge in [0.05, 0.1) is 13.2 Å². The summed E-state index contributed by atoms with van der Waals surface area (Å²) in [7, 11) is 0. The van der Waals surface area contributed by atoms with Crippen LogP contribution in [0.25, 0.3) is 10.8 Å². The molecular weight excluding hydrogens is 172 g/mol.